The first-order valence-corrected chi connectivity index (χ1v) is 9.36. The Morgan fingerprint density at radius 1 is 1.19 bits per heavy atom. The summed E-state index contributed by atoms with van der Waals surface area (Å²) in [4.78, 5) is 16.7. The van der Waals surface area contributed by atoms with E-state index in [1.54, 1.807) is 6.07 Å². The highest BCUT2D eigenvalue weighted by molar-refractivity contribution is 5.70. The summed E-state index contributed by atoms with van der Waals surface area (Å²) in [6.45, 7) is 0.745. The third-order valence-corrected chi connectivity index (χ3v) is 5.82. The molecule has 1 amide bonds. The molecule has 27 heavy (non-hydrogen) atoms. The van der Waals surface area contributed by atoms with E-state index in [4.69, 9.17) is 4.74 Å². The molecule has 2 aliphatic rings. The lowest BCUT2D eigenvalue weighted by Crippen LogP contribution is -2.42. The summed E-state index contributed by atoms with van der Waals surface area (Å²) >= 11 is 0. The Bertz CT molecular complexity index is 867. The van der Waals surface area contributed by atoms with E-state index in [0.717, 1.165) is 30.5 Å². The molecule has 0 saturated carbocycles. The van der Waals surface area contributed by atoms with E-state index in [2.05, 4.69) is 17.0 Å². The Balaban J connectivity index is 1.90. The lowest BCUT2D eigenvalue weighted by Gasteiger charge is -2.32. The zero-order chi connectivity index (χ0) is 19.1. The van der Waals surface area contributed by atoms with Crippen molar-refractivity contribution in [1.29, 1.82) is 0 Å². The fraction of sp³-hybridized carbons (Fsp3) is 0.409. The molecule has 3 atom stereocenters. The first-order chi connectivity index (χ1) is 13.0. The van der Waals surface area contributed by atoms with Gasteiger partial charge in [0, 0.05) is 18.5 Å². The van der Waals surface area contributed by atoms with E-state index in [0.29, 0.717) is 0 Å². The first kappa shape index (κ1) is 18.0. The number of rotatable bonds is 2. The normalized spacial score (nSPS) is 23.4. The van der Waals surface area contributed by atoms with Crippen molar-refractivity contribution in [2.24, 2.45) is 0 Å². The number of hydrogen-bond donors (Lipinski definition) is 0. The van der Waals surface area contributed by atoms with Crippen LogP contribution < -0.4 is 0 Å². The first-order valence-electron chi connectivity index (χ1n) is 9.36. The number of nitrogens with zero attached hydrogens (tertiary/aromatic N) is 2. The number of methoxy groups -OCH3 is 1. The lowest BCUT2D eigenvalue weighted by atomic mass is 9.87. The van der Waals surface area contributed by atoms with Gasteiger partial charge in [-0.2, -0.15) is 0 Å². The van der Waals surface area contributed by atoms with E-state index in [-0.39, 0.29) is 29.9 Å². The Morgan fingerprint density at radius 3 is 2.67 bits per heavy atom. The average molecular weight is 368 g/mol. The van der Waals surface area contributed by atoms with Crippen LogP contribution in [-0.2, 0) is 11.2 Å². The fourth-order valence-corrected chi connectivity index (χ4v) is 4.84. The molecule has 5 heteroatoms. The number of carbonyl (C=O) groups is 1. The van der Waals surface area contributed by atoms with Gasteiger partial charge in [-0.15, -0.1) is 0 Å². The molecule has 4 rings (SSSR count). The van der Waals surface area contributed by atoms with E-state index in [9.17, 15) is 9.18 Å². The molecule has 1 aliphatic carbocycles. The molecule has 0 spiro atoms. The summed E-state index contributed by atoms with van der Waals surface area (Å²) in [5.41, 5.74) is 4.50. The van der Waals surface area contributed by atoms with Gasteiger partial charge in [-0.1, -0.05) is 30.3 Å². The van der Waals surface area contributed by atoms with Gasteiger partial charge in [0.25, 0.3) is 0 Å². The van der Waals surface area contributed by atoms with Crippen molar-refractivity contribution in [2.75, 3.05) is 27.7 Å². The minimum atomic E-state index is -0.344. The van der Waals surface area contributed by atoms with Crippen molar-refractivity contribution in [3.05, 3.63) is 70.5 Å². The monoisotopic (exact) mass is 368 g/mol. The topological polar surface area (TPSA) is 32.8 Å². The quantitative estimate of drug-likeness (QED) is 0.804. The van der Waals surface area contributed by atoms with Gasteiger partial charge in [0.2, 0.25) is 0 Å². The maximum atomic E-state index is 14.2. The van der Waals surface area contributed by atoms with Crippen LogP contribution in [0.3, 0.4) is 0 Å². The minimum Gasteiger partial charge on any atom is -0.453 e. The average Bonchev–Trinajstić information content (AvgIpc) is 2.94. The molecular weight excluding hydrogens is 343 g/mol. The minimum absolute atomic E-state index is 0.0183. The maximum absolute atomic E-state index is 14.2. The highest BCUT2D eigenvalue weighted by Crippen LogP contribution is 2.51. The Morgan fingerprint density at radius 2 is 1.93 bits per heavy atom. The molecule has 142 valence electrons. The number of amides is 1. The molecule has 1 heterocycles. The van der Waals surface area contributed by atoms with Gasteiger partial charge in [-0.05, 0) is 61.3 Å². The summed E-state index contributed by atoms with van der Waals surface area (Å²) in [6, 6.07) is 13.2. The SMILES string of the molecule is COC(=O)N1[C@@H](CN(C)C)C[C@@H]2c3ccccc3Cc3ccc(F)cc3[C@H]21. The smallest absolute Gasteiger partial charge is 0.410 e. The number of likely N-dealkylation sites (tertiary alicyclic amines) is 1. The van der Waals surface area contributed by atoms with Gasteiger partial charge in [-0.3, -0.25) is 4.90 Å². The summed E-state index contributed by atoms with van der Waals surface area (Å²) in [7, 11) is 5.43. The number of fused-ring (bicyclic) bond motifs is 5. The van der Waals surface area contributed by atoms with Crippen LogP contribution in [0, 0.1) is 5.82 Å². The fourth-order valence-electron chi connectivity index (χ4n) is 4.84. The number of hydrogen-bond acceptors (Lipinski definition) is 3. The number of benzene rings is 2. The largest absolute Gasteiger partial charge is 0.453 e. The van der Waals surface area contributed by atoms with Gasteiger partial charge in [-0.25, -0.2) is 9.18 Å². The zero-order valence-corrected chi connectivity index (χ0v) is 16.0. The molecular formula is C22H25FN2O2. The number of likely N-dealkylation sites (N-methyl/N-ethyl adjacent to an activating group) is 1. The van der Waals surface area contributed by atoms with Gasteiger partial charge in [0.15, 0.2) is 0 Å². The Labute approximate surface area is 159 Å². The predicted molar refractivity (Wildman–Crippen MR) is 102 cm³/mol. The van der Waals surface area contributed by atoms with E-state index in [1.165, 1.54) is 24.3 Å². The molecule has 0 bridgehead atoms. The Kier molecular flexibility index (Phi) is 4.64. The second-order valence-corrected chi connectivity index (χ2v) is 7.80. The van der Waals surface area contributed by atoms with Crippen molar-refractivity contribution in [3.63, 3.8) is 0 Å². The summed E-state index contributed by atoms with van der Waals surface area (Å²) in [5.74, 6) is -0.132. The van der Waals surface area contributed by atoms with Crippen LogP contribution in [0.2, 0.25) is 0 Å². The molecule has 4 nitrogen and oxygen atoms in total. The van der Waals surface area contributed by atoms with Gasteiger partial charge in [0.05, 0.1) is 13.2 Å². The molecule has 1 fully saturated rings. The van der Waals surface area contributed by atoms with Crippen LogP contribution >= 0.6 is 0 Å². The molecule has 2 aromatic rings. The van der Waals surface area contributed by atoms with Crippen molar-refractivity contribution in [3.8, 4) is 0 Å². The highest BCUT2D eigenvalue weighted by atomic mass is 19.1. The third-order valence-electron chi connectivity index (χ3n) is 5.82. The molecule has 0 radical (unpaired) electrons. The van der Waals surface area contributed by atoms with Crippen LogP contribution in [0.15, 0.2) is 42.5 Å². The third kappa shape index (κ3) is 3.10. The second kappa shape index (κ2) is 6.97. The predicted octanol–water partition coefficient (Wildman–Crippen LogP) is 3.96. The standard InChI is InChI=1S/C22H25FN2O2/c1-24(2)13-17-12-20-18-7-5-4-6-14(18)10-15-8-9-16(23)11-19(15)21(20)25(17)22(26)27-3/h4-9,11,17,20-21H,10,12-13H2,1-3H3/t17-,20-,21-/m1/s1. The Hall–Kier alpha value is -2.40. The van der Waals surface area contributed by atoms with Crippen molar-refractivity contribution >= 4 is 6.09 Å². The molecule has 2 aromatic carbocycles. The van der Waals surface area contributed by atoms with Crippen molar-refractivity contribution in [2.45, 2.75) is 30.8 Å². The zero-order valence-electron chi connectivity index (χ0n) is 16.0. The van der Waals surface area contributed by atoms with Crippen molar-refractivity contribution in [1.82, 2.24) is 9.80 Å². The lowest BCUT2D eigenvalue weighted by molar-refractivity contribution is 0.0945. The summed E-state index contributed by atoms with van der Waals surface area (Å²) < 4.78 is 19.3. The van der Waals surface area contributed by atoms with Crippen LogP contribution in [0.25, 0.3) is 0 Å². The van der Waals surface area contributed by atoms with Crippen LogP contribution in [0.1, 0.15) is 40.6 Å². The van der Waals surface area contributed by atoms with E-state index in [1.807, 2.05) is 37.2 Å². The maximum Gasteiger partial charge on any atom is 0.410 e. The molecule has 0 unspecified atom stereocenters. The van der Waals surface area contributed by atoms with Crippen LogP contribution in [0.4, 0.5) is 9.18 Å². The summed E-state index contributed by atoms with van der Waals surface area (Å²) in [5, 5.41) is 0. The molecule has 0 aromatic heterocycles. The van der Waals surface area contributed by atoms with Gasteiger partial charge in [0.1, 0.15) is 5.82 Å². The van der Waals surface area contributed by atoms with Crippen molar-refractivity contribution < 1.29 is 13.9 Å². The molecule has 1 aliphatic heterocycles. The van der Waals surface area contributed by atoms with Gasteiger partial charge >= 0.3 is 6.09 Å². The number of halogens is 1. The molecule has 0 N–H and O–H groups in total. The number of ether oxygens (including phenoxy) is 1. The van der Waals surface area contributed by atoms with E-state index < -0.39 is 0 Å². The van der Waals surface area contributed by atoms with Gasteiger partial charge < -0.3 is 9.64 Å². The van der Waals surface area contributed by atoms with Crippen LogP contribution in [-0.4, -0.2) is 49.7 Å². The summed E-state index contributed by atoms with van der Waals surface area (Å²) in [6.07, 6.45) is 1.25. The number of carbonyl (C=O) groups excluding carboxylic acids is 1. The molecule has 1 saturated heterocycles. The van der Waals surface area contributed by atoms with Crippen LogP contribution in [0.5, 0.6) is 0 Å². The van der Waals surface area contributed by atoms with E-state index >= 15 is 0 Å². The highest BCUT2D eigenvalue weighted by Gasteiger charge is 2.48. The second-order valence-electron chi connectivity index (χ2n) is 7.80.